The molecule has 1 heterocycles. The summed E-state index contributed by atoms with van der Waals surface area (Å²) in [4.78, 5) is 24.4. The minimum Gasteiger partial charge on any atom is -0.483 e. The predicted octanol–water partition coefficient (Wildman–Crippen LogP) is 3.16. The monoisotopic (exact) mass is 383 g/mol. The lowest BCUT2D eigenvalue weighted by molar-refractivity contribution is -0.124. The summed E-state index contributed by atoms with van der Waals surface area (Å²) >= 11 is 0. The molecule has 0 fully saturated rings. The van der Waals surface area contributed by atoms with E-state index in [2.05, 4.69) is 5.32 Å². The van der Waals surface area contributed by atoms with Crippen LogP contribution in [0, 0.1) is 12.8 Å². The van der Waals surface area contributed by atoms with E-state index in [4.69, 9.17) is 9.15 Å². The number of ether oxygens (including phenoxy) is 1. The first-order valence-corrected chi connectivity index (χ1v) is 9.39. The Hall–Kier alpha value is -2.86. The highest BCUT2D eigenvalue weighted by molar-refractivity contribution is 6.05. The maximum Gasteiger partial charge on any atom is 0.344 e. The standard InChI is InChI=1S/C22H25NO5/c1-13(2)10-15(11-24)23-20(25)12-27-19-9-8-17-16-6-4-5-7-18(16)22(26)28-21(17)14(19)3/h4-9,13,15,24H,10-12H2,1-3H3,(H,23,25)/t15-/m0/s1. The zero-order chi connectivity index (χ0) is 20.3. The first-order valence-electron chi connectivity index (χ1n) is 9.39. The third kappa shape index (κ3) is 4.17. The molecule has 3 aromatic rings. The fraction of sp³-hybridized carbons (Fsp3) is 0.364. The molecule has 0 aliphatic carbocycles. The second-order valence-electron chi connectivity index (χ2n) is 7.37. The Bertz CT molecular complexity index is 1050. The van der Waals surface area contributed by atoms with Crippen molar-refractivity contribution in [2.45, 2.75) is 33.2 Å². The molecule has 2 aromatic carbocycles. The third-order valence-corrected chi connectivity index (χ3v) is 4.69. The molecule has 6 nitrogen and oxygen atoms in total. The van der Waals surface area contributed by atoms with Crippen LogP contribution >= 0.6 is 0 Å². The topological polar surface area (TPSA) is 88.8 Å². The summed E-state index contributed by atoms with van der Waals surface area (Å²) in [6, 6.07) is 10.6. The van der Waals surface area contributed by atoms with Crippen molar-refractivity contribution in [1.29, 1.82) is 0 Å². The molecule has 1 amide bonds. The third-order valence-electron chi connectivity index (χ3n) is 4.69. The molecule has 0 bridgehead atoms. The van der Waals surface area contributed by atoms with Crippen LogP contribution in [0.2, 0.25) is 0 Å². The van der Waals surface area contributed by atoms with Gasteiger partial charge in [-0.1, -0.05) is 32.0 Å². The van der Waals surface area contributed by atoms with E-state index >= 15 is 0 Å². The van der Waals surface area contributed by atoms with E-state index in [0.29, 0.717) is 34.6 Å². The molecule has 0 radical (unpaired) electrons. The van der Waals surface area contributed by atoms with E-state index in [-0.39, 0.29) is 25.2 Å². The smallest absolute Gasteiger partial charge is 0.344 e. The molecule has 1 aromatic heterocycles. The minimum atomic E-state index is -0.402. The molecule has 28 heavy (non-hydrogen) atoms. The van der Waals surface area contributed by atoms with Crippen molar-refractivity contribution in [3.05, 3.63) is 52.4 Å². The van der Waals surface area contributed by atoms with Gasteiger partial charge in [0.25, 0.3) is 5.91 Å². The number of carbonyl (C=O) groups excluding carboxylic acids is 1. The van der Waals surface area contributed by atoms with Gasteiger partial charge < -0.3 is 19.6 Å². The van der Waals surface area contributed by atoms with Gasteiger partial charge in [0.15, 0.2) is 6.61 Å². The molecule has 0 aliphatic rings. The van der Waals surface area contributed by atoms with Gasteiger partial charge in [0, 0.05) is 10.9 Å². The summed E-state index contributed by atoms with van der Waals surface area (Å²) in [6.45, 7) is 5.56. The van der Waals surface area contributed by atoms with Crippen molar-refractivity contribution in [2.75, 3.05) is 13.2 Å². The van der Waals surface area contributed by atoms with Gasteiger partial charge in [-0.05, 0) is 42.8 Å². The molecule has 0 saturated carbocycles. The summed E-state index contributed by atoms with van der Waals surface area (Å²) in [5.41, 5.74) is 0.712. The van der Waals surface area contributed by atoms with Crippen LogP contribution in [0.3, 0.4) is 0 Å². The summed E-state index contributed by atoms with van der Waals surface area (Å²) in [6.07, 6.45) is 0.690. The van der Waals surface area contributed by atoms with Crippen LogP contribution < -0.4 is 15.7 Å². The van der Waals surface area contributed by atoms with E-state index in [1.807, 2.05) is 32.0 Å². The lowest BCUT2D eigenvalue weighted by Crippen LogP contribution is -2.40. The number of amides is 1. The average Bonchev–Trinajstić information content (AvgIpc) is 2.67. The molecule has 0 spiro atoms. The van der Waals surface area contributed by atoms with E-state index in [1.165, 1.54) is 0 Å². The van der Waals surface area contributed by atoms with Crippen molar-refractivity contribution in [1.82, 2.24) is 5.32 Å². The van der Waals surface area contributed by atoms with Crippen LogP contribution in [-0.2, 0) is 4.79 Å². The molecule has 1 atom stereocenters. The predicted molar refractivity (Wildman–Crippen MR) is 109 cm³/mol. The van der Waals surface area contributed by atoms with Crippen LogP contribution in [-0.4, -0.2) is 30.3 Å². The van der Waals surface area contributed by atoms with Gasteiger partial charge in [0.2, 0.25) is 0 Å². The van der Waals surface area contributed by atoms with E-state index in [9.17, 15) is 14.7 Å². The molecule has 0 aliphatic heterocycles. The minimum absolute atomic E-state index is 0.114. The Morgan fingerprint density at radius 1 is 1.14 bits per heavy atom. The van der Waals surface area contributed by atoms with Crippen LogP contribution in [0.5, 0.6) is 5.75 Å². The maximum atomic E-state index is 12.3. The quantitative estimate of drug-likeness (QED) is 0.483. The molecule has 6 heteroatoms. The molecule has 148 valence electrons. The molecule has 2 N–H and O–H groups in total. The van der Waals surface area contributed by atoms with Crippen molar-refractivity contribution in [2.24, 2.45) is 5.92 Å². The summed E-state index contributed by atoms with van der Waals surface area (Å²) in [5.74, 6) is 0.531. The first kappa shape index (κ1) is 19.9. The summed E-state index contributed by atoms with van der Waals surface area (Å²) in [7, 11) is 0. The van der Waals surface area contributed by atoms with Crippen molar-refractivity contribution in [3.63, 3.8) is 0 Å². The highest BCUT2D eigenvalue weighted by Gasteiger charge is 2.16. The lowest BCUT2D eigenvalue weighted by Gasteiger charge is -2.18. The van der Waals surface area contributed by atoms with Gasteiger partial charge in [-0.2, -0.15) is 0 Å². The number of hydrogen-bond acceptors (Lipinski definition) is 5. The van der Waals surface area contributed by atoms with E-state index in [1.54, 1.807) is 25.1 Å². The van der Waals surface area contributed by atoms with Crippen LogP contribution in [0.25, 0.3) is 21.7 Å². The largest absolute Gasteiger partial charge is 0.483 e. The zero-order valence-corrected chi connectivity index (χ0v) is 16.3. The average molecular weight is 383 g/mol. The normalized spacial score (nSPS) is 12.5. The number of benzene rings is 2. The van der Waals surface area contributed by atoms with Gasteiger partial charge >= 0.3 is 5.63 Å². The highest BCUT2D eigenvalue weighted by Crippen LogP contribution is 2.30. The highest BCUT2D eigenvalue weighted by atomic mass is 16.5. The number of hydrogen-bond donors (Lipinski definition) is 2. The second kappa shape index (κ2) is 8.44. The van der Waals surface area contributed by atoms with Gasteiger partial charge in [-0.3, -0.25) is 4.79 Å². The van der Waals surface area contributed by atoms with Crippen LogP contribution in [0.15, 0.2) is 45.6 Å². The number of nitrogens with one attached hydrogen (secondary N) is 1. The molecule has 0 unspecified atom stereocenters. The molecular formula is C22H25NO5. The molecule has 3 rings (SSSR count). The Morgan fingerprint density at radius 3 is 2.54 bits per heavy atom. The fourth-order valence-electron chi connectivity index (χ4n) is 3.38. The SMILES string of the molecule is Cc1c(OCC(=O)N[C@H](CO)CC(C)C)ccc2c1oc(=O)c1ccccc12. The first-order chi connectivity index (χ1) is 13.4. The zero-order valence-electron chi connectivity index (χ0n) is 16.3. The van der Waals surface area contributed by atoms with Crippen molar-refractivity contribution < 1.29 is 19.1 Å². The summed E-state index contributed by atoms with van der Waals surface area (Å²) in [5, 5.41) is 14.3. The lowest BCUT2D eigenvalue weighted by atomic mass is 10.0. The summed E-state index contributed by atoms with van der Waals surface area (Å²) < 4.78 is 11.2. The molecule has 0 saturated heterocycles. The number of aliphatic hydroxyl groups excluding tert-OH is 1. The van der Waals surface area contributed by atoms with Crippen LogP contribution in [0.1, 0.15) is 25.8 Å². The number of carbonyl (C=O) groups is 1. The number of aliphatic hydroxyl groups is 1. The Labute approximate surface area is 163 Å². The number of aryl methyl sites for hydroxylation is 1. The Morgan fingerprint density at radius 2 is 1.86 bits per heavy atom. The number of rotatable bonds is 7. The van der Waals surface area contributed by atoms with Gasteiger partial charge in [0.1, 0.15) is 11.3 Å². The van der Waals surface area contributed by atoms with Crippen molar-refractivity contribution in [3.8, 4) is 5.75 Å². The van der Waals surface area contributed by atoms with Gasteiger partial charge in [-0.25, -0.2) is 4.79 Å². The van der Waals surface area contributed by atoms with Crippen molar-refractivity contribution >= 4 is 27.6 Å². The maximum absolute atomic E-state index is 12.3. The van der Waals surface area contributed by atoms with Gasteiger partial charge in [0.05, 0.1) is 18.0 Å². The second-order valence-corrected chi connectivity index (χ2v) is 7.37. The Balaban J connectivity index is 1.81. The molecular weight excluding hydrogens is 358 g/mol. The van der Waals surface area contributed by atoms with Gasteiger partial charge in [-0.15, -0.1) is 0 Å². The Kier molecular flexibility index (Phi) is 5.99. The number of fused-ring (bicyclic) bond motifs is 3. The van der Waals surface area contributed by atoms with E-state index in [0.717, 1.165) is 10.8 Å². The fourth-order valence-corrected chi connectivity index (χ4v) is 3.38. The van der Waals surface area contributed by atoms with E-state index < -0.39 is 5.63 Å². The van der Waals surface area contributed by atoms with Crippen LogP contribution in [0.4, 0.5) is 0 Å².